The van der Waals surface area contributed by atoms with E-state index < -0.39 is 28.1 Å². The van der Waals surface area contributed by atoms with Crippen molar-refractivity contribution >= 4 is 15.9 Å². The zero-order valence-electron chi connectivity index (χ0n) is 21.8. The number of fused-ring (bicyclic) bond motifs is 1. The average Bonchev–Trinajstić information content (AvgIpc) is 3.37. The highest BCUT2D eigenvalue weighted by atomic mass is 32.2. The minimum Gasteiger partial charge on any atom is -0.493 e. The molecule has 208 valence electrons. The van der Waals surface area contributed by atoms with Crippen molar-refractivity contribution in [2.45, 2.75) is 62.3 Å². The zero-order chi connectivity index (χ0) is 27.6. The Kier molecular flexibility index (Phi) is 7.96. The van der Waals surface area contributed by atoms with E-state index in [1.54, 1.807) is 23.0 Å². The number of hydrogen-bond donors (Lipinski definition) is 2. The fourth-order valence-electron chi connectivity index (χ4n) is 5.05. The molecule has 0 bridgehead atoms. The first-order chi connectivity index (χ1) is 18.7. The third kappa shape index (κ3) is 6.45. The van der Waals surface area contributed by atoms with E-state index in [2.05, 4.69) is 26.0 Å². The van der Waals surface area contributed by atoms with Crippen LogP contribution < -0.4 is 15.2 Å². The fraction of sp³-hybridized carbons (Fsp3) is 0.444. The molecular formula is C27H33FN6O4S. The molecule has 12 heteroatoms. The summed E-state index contributed by atoms with van der Waals surface area (Å²) in [5.41, 5.74) is 8.97. The first kappa shape index (κ1) is 27.2. The van der Waals surface area contributed by atoms with Gasteiger partial charge in [-0.1, -0.05) is 35.0 Å². The number of halogens is 1. The minimum atomic E-state index is -3.96. The summed E-state index contributed by atoms with van der Waals surface area (Å²) in [7, 11) is -3.96. The smallest absolute Gasteiger partial charge is 0.241 e. The molecule has 0 unspecified atom stereocenters. The monoisotopic (exact) mass is 556 g/mol. The van der Waals surface area contributed by atoms with Gasteiger partial charge in [-0.15, -0.1) is 5.10 Å². The summed E-state index contributed by atoms with van der Waals surface area (Å²) in [5.74, 6) is -0.0260. The van der Waals surface area contributed by atoms with Gasteiger partial charge in [-0.3, -0.25) is 9.69 Å². The second-order valence-electron chi connectivity index (χ2n) is 10.3. The van der Waals surface area contributed by atoms with Crippen LogP contribution in [0.4, 0.5) is 4.39 Å². The summed E-state index contributed by atoms with van der Waals surface area (Å²) >= 11 is 0. The first-order valence-corrected chi connectivity index (χ1v) is 14.6. The van der Waals surface area contributed by atoms with Crippen LogP contribution in [-0.2, 0) is 27.8 Å². The van der Waals surface area contributed by atoms with Gasteiger partial charge >= 0.3 is 0 Å². The topological polar surface area (TPSA) is 132 Å². The Labute approximate surface area is 227 Å². The highest BCUT2D eigenvalue weighted by Crippen LogP contribution is 2.35. The number of amides is 1. The summed E-state index contributed by atoms with van der Waals surface area (Å²) in [6.45, 7) is 4.60. The van der Waals surface area contributed by atoms with Crippen molar-refractivity contribution in [1.82, 2.24) is 24.6 Å². The summed E-state index contributed by atoms with van der Waals surface area (Å²) in [6, 6.07) is 11.1. The number of carbonyl (C=O) groups excluding carboxylic acids is 1. The summed E-state index contributed by atoms with van der Waals surface area (Å²) in [4.78, 5) is 14.4. The maximum absolute atomic E-state index is 13.5. The van der Waals surface area contributed by atoms with Crippen LogP contribution in [0.25, 0.3) is 0 Å². The van der Waals surface area contributed by atoms with Crippen molar-refractivity contribution < 1.29 is 22.3 Å². The fourth-order valence-corrected chi connectivity index (χ4v) is 6.25. The van der Waals surface area contributed by atoms with Crippen molar-refractivity contribution in [2.24, 2.45) is 5.73 Å². The molecule has 0 radical (unpaired) electrons. The summed E-state index contributed by atoms with van der Waals surface area (Å²) < 4.78 is 49.2. The van der Waals surface area contributed by atoms with Crippen LogP contribution in [0.5, 0.6) is 5.75 Å². The number of benzene rings is 2. The van der Waals surface area contributed by atoms with E-state index >= 15 is 0 Å². The number of aromatic nitrogens is 3. The Bertz CT molecular complexity index is 1420. The third-order valence-corrected chi connectivity index (χ3v) is 8.76. The van der Waals surface area contributed by atoms with Crippen LogP contribution in [-0.4, -0.2) is 66.1 Å². The number of aryl methyl sites for hydroxylation is 1. The normalized spacial score (nSPS) is 19.3. The average molecular weight is 557 g/mol. The van der Waals surface area contributed by atoms with Crippen molar-refractivity contribution in [3.05, 3.63) is 71.0 Å². The van der Waals surface area contributed by atoms with Gasteiger partial charge in [0, 0.05) is 44.2 Å². The maximum Gasteiger partial charge on any atom is 0.241 e. The van der Waals surface area contributed by atoms with Crippen LogP contribution in [0.15, 0.2) is 53.6 Å². The number of hydrogen-bond acceptors (Lipinski definition) is 7. The number of piperidine rings is 1. The van der Waals surface area contributed by atoms with Gasteiger partial charge in [0.1, 0.15) is 18.0 Å². The zero-order valence-corrected chi connectivity index (χ0v) is 22.6. The number of sulfonamides is 1. The Balaban J connectivity index is 1.28. The highest BCUT2D eigenvalue weighted by molar-refractivity contribution is 7.89. The summed E-state index contributed by atoms with van der Waals surface area (Å²) in [5, 5.41) is 8.47. The number of alkyl halides is 1. The molecule has 0 saturated carbocycles. The number of nitrogens with one attached hydrogen (secondary N) is 1. The van der Waals surface area contributed by atoms with E-state index in [-0.39, 0.29) is 17.4 Å². The maximum atomic E-state index is 13.5. The third-order valence-electron chi connectivity index (χ3n) is 7.27. The molecule has 10 nitrogen and oxygen atoms in total. The van der Waals surface area contributed by atoms with E-state index in [0.29, 0.717) is 31.6 Å². The molecule has 2 aliphatic heterocycles. The number of primary amides is 1. The lowest BCUT2D eigenvalue weighted by Crippen LogP contribution is -2.45. The molecule has 1 aromatic heterocycles. The number of carbonyl (C=O) groups is 1. The molecule has 0 spiro atoms. The molecule has 1 amide bonds. The van der Waals surface area contributed by atoms with Gasteiger partial charge in [0.25, 0.3) is 0 Å². The van der Waals surface area contributed by atoms with Crippen molar-refractivity contribution in [3.8, 4) is 5.75 Å². The predicted octanol–water partition coefficient (Wildman–Crippen LogP) is 2.27. The first-order valence-electron chi connectivity index (χ1n) is 13.1. The lowest BCUT2D eigenvalue weighted by Gasteiger charge is -2.30. The largest absolute Gasteiger partial charge is 0.493 e. The van der Waals surface area contributed by atoms with Gasteiger partial charge < -0.3 is 10.5 Å². The Morgan fingerprint density at radius 3 is 2.64 bits per heavy atom. The van der Waals surface area contributed by atoms with Crippen LogP contribution in [0.1, 0.15) is 47.7 Å². The number of rotatable bonds is 9. The van der Waals surface area contributed by atoms with Gasteiger partial charge in [0.15, 0.2) is 0 Å². The molecule has 3 N–H and O–H groups in total. The molecule has 2 aromatic carbocycles. The molecule has 0 aliphatic carbocycles. The lowest BCUT2D eigenvalue weighted by molar-refractivity contribution is -0.119. The second-order valence-corrected chi connectivity index (χ2v) is 12.0. The van der Waals surface area contributed by atoms with E-state index in [0.717, 1.165) is 42.1 Å². The summed E-state index contributed by atoms with van der Waals surface area (Å²) in [6.07, 6.45) is 2.80. The molecule has 2 atom stereocenters. The van der Waals surface area contributed by atoms with Crippen LogP contribution in [0.2, 0.25) is 0 Å². The molecule has 3 aromatic rings. The second kappa shape index (κ2) is 11.4. The van der Waals surface area contributed by atoms with Crippen molar-refractivity contribution in [2.75, 3.05) is 19.7 Å². The van der Waals surface area contributed by atoms with E-state index in [1.807, 2.05) is 19.1 Å². The number of ether oxygens (including phenoxy) is 1. The quantitative estimate of drug-likeness (QED) is 0.413. The minimum absolute atomic E-state index is 0.0367. The van der Waals surface area contributed by atoms with Crippen molar-refractivity contribution in [3.63, 3.8) is 0 Å². The highest BCUT2D eigenvalue weighted by Gasteiger charge is 2.28. The van der Waals surface area contributed by atoms with Gasteiger partial charge in [-0.05, 0) is 43.5 Å². The molecule has 1 fully saturated rings. The Morgan fingerprint density at radius 1 is 1.18 bits per heavy atom. The SMILES string of the molecule is Cc1ccc(S(=O)(=O)N[C@H](Cc2cn([C@@H]3CCOc4cc(CN5CCC(F)CC5)ccc43)nn2)C(N)=O)cc1. The molecular weight excluding hydrogens is 523 g/mol. The molecule has 1 saturated heterocycles. The number of nitrogens with two attached hydrogens (primary N) is 1. The van der Waals surface area contributed by atoms with Gasteiger partial charge in [-0.25, -0.2) is 17.5 Å². The van der Waals surface area contributed by atoms with Crippen molar-refractivity contribution in [1.29, 1.82) is 0 Å². The molecule has 2 aliphatic rings. The molecule has 39 heavy (non-hydrogen) atoms. The molecule has 5 rings (SSSR count). The molecule has 3 heterocycles. The van der Waals surface area contributed by atoms with Gasteiger partial charge in [0.05, 0.1) is 23.2 Å². The van der Waals surface area contributed by atoms with Crippen LogP contribution in [0.3, 0.4) is 0 Å². The number of likely N-dealkylation sites (tertiary alicyclic amines) is 1. The van der Waals surface area contributed by atoms with Crippen LogP contribution >= 0.6 is 0 Å². The lowest BCUT2D eigenvalue weighted by atomic mass is 9.98. The van der Waals surface area contributed by atoms with E-state index in [9.17, 15) is 17.6 Å². The van der Waals surface area contributed by atoms with Crippen LogP contribution in [0, 0.1) is 6.92 Å². The Hall–Kier alpha value is -3.35. The standard InChI is InChI=1S/C27H33FN6O4S/c1-18-2-5-22(6-3-18)39(36,37)31-24(27(29)35)15-21-17-34(32-30-21)25-10-13-38-26-14-19(4-7-23(25)26)16-33-11-8-20(28)9-12-33/h2-7,14,17,20,24-25,31H,8-13,15-16H2,1H3,(H2,29,35)/t24-,25-/m1/s1. The number of nitrogens with zero attached hydrogens (tertiary/aromatic N) is 4. The van der Waals surface area contributed by atoms with Gasteiger partial charge in [0.2, 0.25) is 15.9 Å². The Morgan fingerprint density at radius 2 is 1.92 bits per heavy atom. The predicted molar refractivity (Wildman–Crippen MR) is 142 cm³/mol. The van der Waals surface area contributed by atoms with Gasteiger partial charge in [-0.2, -0.15) is 4.72 Å². The van der Waals surface area contributed by atoms with E-state index in [4.69, 9.17) is 10.5 Å². The van der Waals surface area contributed by atoms with E-state index in [1.165, 1.54) is 12.1 Å².